The van der Waals surface area contributed by atoms with Crippen molar-refractivity contribution in [3.05, 3.63) is 65.7 Å². The molecule has 1 nitrogen and oxygen atoms in total. The van der Waals surface area contributed by atoms with Crippen molar-refractivity contribution in [2.24, 2.45) is 0 Å². The molecule has 0 saturated heterocycles. The van der Waals surface area contributed by atoms with Gasteiger partial charge in [0.15, 0.2) is 0 Å². The Kier molecular flexibility index (Phi) is 3.25. The van der Waals surface area contributed by atoms with Gasteiger partial charge in [0.2, 0.25) is 0 Å². The van der Waals surface area contributed by atoms with Crippen molar-refractivity contribution in [3.63, 3.8) is 0 Å². The Morgan fingerprint density at radius 2 is 1.93 bits per heavy atom. The number of benzene rings is 1. The average Bonchev–Trinajstić information content (AvgIpc) is 2.31. The Bertz CT molecular complexity index is 404. The summed E-state index contributed by atoms with van der Waals surface area (Å²) in [5, 5.41) is 3.39. The Balaban J connectivity index is 2.13. The fourth-order valence-electron chi connectivity index (χ4n) is 1.51. The third-order valence-electron chi connectivity index (χ3n) is 2.28. The largest absolute Gasteiger partial charge is 0.375 e. The van der Waals surface area contributed by atoms with Gasteiger partial charge in [-0.15, -0.1) is 0 Å². The lowest BCUT2D eigenvalue weighted by atomic mass is 10.0. The monoisotopic (exact) mass is 217 g/mol. The minimum absolute atomic E-state index is 0.162. The molecule has 1 unspecified atom stereocenters. The summed E-state index contributed by atoms with van der Waals surface area (Å²) in [4.78, 5) is 0. The van der Waals surface area contributed by atoms with E-state index in [4.69, 9.17) is 11.6 Å². The van der Waals surface area contributed by atoms with Gasteiger partial charge >= 0.3 is 0 Å². The van der Waals surface area contributed by atoms with Crippen molar-refractivity contribution >= 4 is 17.3 Å². The van der Waals surface area contributed by atoms with Gasteiger partial charge in [-0.2, -0.15) is 0 Å². The van der Waals surface area contributed by atoms with Gasteiger partial charge in [0.25, 0.3) is 0 Å². The van der Waals surface area contributed by atoms with Crippen LogP contribution in [-0.2, 0) is 0 Å². The highest BCUT2D eigenvalue weighted by Crippen LogP contribution is 2.17. The molecule has 0 saturated carbocycles. The molecule has 1 N–H and O–H groups in total. The van der Waals surface area contributed by atoms with E-state index in [9.17, 15) is 0 Å². The molecule has 0 bridgehead atoms. The lowest BCUT2D eigenvalue weighted by Gasteiger charge is -2.19. The lowest BCUT2D eigenvalue weighted by Crippen LogP contribution is -2.19. The van der Waals surface area contributed by atoms with Crippen molar-refractivity contribution < 1.29 is 0 Å². The normalized spacial score (nSPS) is 21.9. The number of nitrogens with one attached hydrogen (secondary N) is 1. The molecule has 1 atom stereocenters. The summed E-state index contributed by atoms with van der Waals surface area (Å²) in [5.74, 6) is 0. The molecule has 0 radical (unpaired) electrons. The van der Waals surface area contributed by atoms with Crippen LogP contribution in [0.3, 0.4) is 0 Å². The van der Waals surface area contributed by atoms with Crippen LogP contribution < -0.4 is 5.32 Å². The first-order valence-electron chi connectivity index (χ1n) is 4.87. The van der Waals surface area contributed by atoms with Gasteiger partial charge < -0.3 is 5.32 Å². The molecule has 0 aromatic heterocycles. The summed E-state index contributed by atoms with van der Waals surface area (Å²) in [6, 6.07) is 10.3. The van der Waals surface area contributed by atoms with Crippen molar-refractivity contribution in [2.45, 2.75) is 6.04 Å². The van der Waals surface area contributed by atoms with Crippen LogP contribution >= 0.6 is 11.6 Å². The summed E-state index contributed by atoms with van der Waals surface area (Å²) in [6.45, 7) is 0. The molecule has 0 heterocycles. The first-order chi connectivity index (χ1) is 7.40. The second-order valence-corrected chi connectivity index (χ2v) is 3.56. The van der Waals surface area contributed by atoms with Crippen LogP contribution in [0.4, 0.5) is 5.69 Å². The fraction of sp³-hybridized carbons (Fsp3) is 0.0769. The Morgan fingerprint density at radius 3 is 2.67 bits per heavy atom. The van der Waals surface area contributed by atoms with Crippen LogP contribution in [0.5, 0.6) is 0 Å². The van der Waals surface area contributed by atoms with Crippen LogP contribution in [0, 0.1) is 0 Å². The maximum absolute atomic E-state index is 5.75. The van der Waals surface area contributed by atoms with Crippen LogP contribution in [0.15, 0.2) is 65.7 Å². The number of rotatable bonds is 2. The summed E-state index contributed by atoms with van der Waals surface area (Å²) in [7, 11) is 0. The standard InChI is InChI=1S/C13H12ClN/c14-10-11-6-4-5-9-13(11)15-12-7-2-1-3-8-12/h1-10,13,15H. The first kappa shape index (κ1) is 10.1. The smallest absolute Gasteiger partial charge is 0.0709 e. The Labute approximate surface area is 94.8 Å². The van der Waals surface area contributed by atoms with Crippen LogP contribution in [-0.4, -0.2) is 6.04 Å². The second kappa shape index (κ2) is 4.85. The molecule has 0 fully saturated rings. The van der Waals surface area contributed by atoms with Gasteiger partial charge in [-0.3, -0.25) is 0 Å². The van der Waals surface area contributed by atoms with Gasteiger partial charge in [0.1, 0.15) is 0 Å². The Hall–Kier alpha value is -1.47. The summed E-state index contributed by atoms with van der Waals surface area (Å²) >= 11 is 5.75. The van der Waals surface area contributed by atoms with Gasteiger partial charge in [0, 0.05) is 11.2 Å². The van der Waals surface area contributed by atoms with Gasteiger partial charge in [0.05, 0.1) is 6.04 Å². The molecule has 0 spiro atoms. The summed E-state index contributed by atoms with van der Waals surface area (Å²) in [6.07, 6.45) is 8.09. The second-order valence-electron chi connectivity index (χ2n) is 3.34. The van der Waals surface area contributed by atoms with Crippen LogP contribution in [0.1, 0.15) is 0 Å². The van der Waals surface area contributed by atoms with E-state index in [0.717, 1.165) is 11.3 Å². The maximum atomic E-state index is 5.75. The van der Waals surface area contributed by atoms with Gasteiger partial charge in [-0.25, -0.2) is 0 Å². The highest BCUT2D eigenvalue weighted by atomic mass is 35.5. The topological polar surface area (TPSA) is 12.0 Å². The van der Waals surface area contributed by atoms with Crippen molar-refractivity contribution in [1.82, 2.24) is 0 Å². The molecule has 15 heavy (non-hydrogen) atoms. The third kappa shape index (κ3) is 2.51. The predicted molar refractivity (Wildman–Crippen MR) is 66.1 cm³/mol. The third-order valence-corrected chi connectivity index (χ3v) is 2.54. The Morgan fingerprint density at radius 1 is 1.13 bits per heavy atom. The number of hydrogen-bond donors (Lipinski definition) is 1. The quantitative estimate of drug-likeness (QED) is 0.796. The van der Waals surface area contributed by atoms with Crippen molar-refractivity contribution in [3.8, 4) is 0 Å². The molecule has 1 aliphatic carbocycles. The number of hydrogen-bond acceptors (Lipinski definition) is 1. The minimum Gasteiger partial charge on any atom is -0.375 e. The summed E-state index contributed by atoms with van der Waals surface area (Å²) < 4.78 is 0. The van der Waals surface area contributed by atoms with Crippen LogP contribution in [0.25, 0.3) is 0 Å². The molecule has 1 aromatic rings. The first-order valence-corrected chi connectivity index (χ1v) is 5.30. The SMILES string of the molecule is ClC=C1C=CC=CC1Nc1ccccc1. The zero-order chi connectivity index (χ0) is 10.5. The van der Waals surface area contributed by atoms with E-state index in [2.05, 4.69) is 11.4 Å². The van der Waals surface area contributed by atoms with Crippen molar-refractivity contribution in [1.29, 1.82) is 0 Å². The zero-order valence-corrected chi connectivity index (χ0v) is 8.98. The molecule has 0 aliphatic heterocycles. The number of halogens is 1. The highest BCUT2D eigenvalue weighted by molar-refractivity contribution is 6.26. The molecule has 1 aliphatic rings. The number of allylic oxidation sites excluding steroid dienone is 2. The van der Waals surface area contributed by atoms with E-state index in [-0.39, 0.29) is 6.04 Å². The molecule has 2 rings (SSSR count). The lowest BCUT2D eigenvalue weighted by molar-refractivity contribution is 1.05. The minimum atomic E-state index is 0.162. The van der Waals surface area contributed by atoms with Gasteiger partial charge in [-0.1, -0.05) is 54.1 Å². The van der Waals surface area contributed by atoms with E-state index in [1.165, 1.54) is 0 Å². The molecule has 2 heteroatoms. The summed E-state index contributed by atoms with van der Waals surface area (Å²) in [5.41, 5.74) is 3.78. The molecule has 1 aromatic carbocycles. The van der Waals surface area contributed by atoms with Gasteiger partial charge in [-0.05, 0) is 17.7 Å². The van der Waals surface area contributed by atoms with Crippen molar-refractivity contribution in [2.75, 3.05) is 5.32 Å². The van der Waals surface area contributed by atoms with E-state index < -0.39 is 0 Å². The number of para-hydroxylation sites is 1. The van der Waals surface area contributed by atoms with Crippen LogP contribution in [0.2, 0.25) is 0 Å². The van der Waals surface area contributed by atoms with E-state index >= 15 is 0 Å². The van der Waals surface area contributed by atoms with E-state index in [1.807, 2.05) is 48.6 Å². The molecule has 76 valence electrons. The maximum Gasteiger partial charge on any atom is 0.0709 e. The molecular formula is C13H12ClN. The molecular weight excluding hydrogens is 206 g/mol. The van der Waals surface area contributed by atoms with E-state index in [1.54, 1.807) is 5.54 Å². The average molecular weight is 218 g/mol. The predicted octanol–water partition coefficient (Wildman–Crippen LogP) is 3.72. The zero-order valence-electron chi connectivity index (χ0n) is 8.23. The fourth-order valence-corrected chi connectivity index (χ4v) is 1.71. The molecule has 0 amide bonds. The van der Waals surface area contributed by atoms with E-state index in [0.29, 0.717) is 0 Å². The highest BCUT2D eigenvalue weighted by Gasteiger charge is 2.09. The number of anilines is 1.